The van der Waals surface area contributed by atoms with Crippen LogP contribution in [0.2, 0.25) is 0 Å². The van der Waals surface area contributed by atoms with Gasteiger partial charge in [-0.3, -0.25) is 0 Å². The Morgan fingerprint density at radius 1 is 1.27 bits per heavy atom. The topological polar surface area (TPSA) is 46.2 Å². The monoisotopic (exact) mass is 207 g/mol. The summed E-state index contributed by atoms with van der Waals surface area (Å²) in [5.74, 6) is 0. The number of rotatable bonds is 5. The van der Waals surface area contributed by atoms with Gasteiger partial charge in [-0.25, -0.2) is 0 Å². The van der Waals surface area contributed by atoms with Crippen LogP contribution in [-0.4, -0.2) is 17.8 Å². The van der Waals surface area contributed by atoms with Crippen LogP contribution >= 0.6 is 0 Å². The minimum absolute atomic E-state index is 0.255. The Labute approximate surface area is 92.1 Å². The fraction of sp³-hybridized carbons (Fsp3) is 0.538. The van der Waals surface area contributed by atoms with Gasteiger partial charge in [0.05, 0.1) is 6.10 Å². The average molecular weight is 207 g/mol. The van der Waals surface area contributed by atoms with Gasteiger partial charge in [0.25, 0.3) is 0 Å². The van der Waals surface area contributed by atoms with E-state index in [-0.39, 0.29) is 6.10 Å². The van der Waals surface area contributed by atoms with Crippen LogP contribution in [0.3, 0.4) is 0 Å². The molecule has 2 heteroatoms. The summed E-state index contributed by atoms with van der Waals surface area (Å²) in [7, 11) is 0. The van der Waals surface area contributed by atoms with Gasteiger partial charge in [0.1, 0.15) is 0 Å². The summed E-state index contributed by atoms with van der Waals surface area (Å²) in [5.41, 5.74) is 9.32. The van der Waals surface area contributed by atoms with Crippen molar-refractivity contribution in [2.45, 2.75) is 39.2 Å². The molecule has 0 bridgehead atoms. The average Bonchev–Trinajstić information content (AvgIpc) is 2.20. The summed E-state index contributed by atoms with van der Waals surface area (Å²) in [5, 5.41) is 9.59. The Hall–Kier alpha value is -0.860. The summed E-state index contributed by atoms with van der Waals surface area (Å²) < 4.78 is 0. The van der Waals surface area contributed by atoms with Crippen molar-refractivity contribution in [3.05, 3.63) is 34.9 Å². The lowest BCUT2D eigenvalue weighted by Crippen LogP contribution is -2.14. The molecule has 1 rings (SSSR count). The van der Waals surface area contributed by atoms with E-state index in [2.05, 4.69) is 32.0 Å². The SMILES string of the molecule is Cc1ccc(C)c(CCC(O)CCN)c1. The van der Waals surface area contributed by atoms with Crippen LogP contribution in [0.1, 0.15) is 29.5 Å². The van der Waals surface area contributed by atoms with Crippen molar-refractivity contribution < 1.29 is 5.11 Å². The highest BCUT2D eigenvalue weighted by molar-refractivity contribution is 5.30. The predicted molar refractivity (Wildman–Crippen MR) is 63.9 cm³/mol. The highest BCUT2D eigenvalue weighted by Crippen LogP contribution is 2.14. The quantitative estimate of drug-likeness (QED) is 0.775. The fourth-order valence-electron chi connectivity index (χ4n) is 1.73. The maximum atomic E-state index is 9.59. The molecule has 1 unspecified atom stereocenters. The smallest absolute Gasteiger partial charge is 0.0555 e. The molecular formula is C13H21NO. The molecule has 0 radical (unpaired) electrons. The molecule has 84 valence electrons. The van der Waals surface area contributed by atoms with Gasteiger partial charge in [-0.1, -0.05) is 23.8 Å². The van der Waals surface area contributed by atoms with Gasteiger partial charge in [0.2, 0.25) is 0 Å². The first-order valence-electron chi connectivity index (χ1n) is 5.57. The molecule has 0 fully saturated rings. The maximum Gasteiger partial charge on any atom is 0.0555 e. The summed E-state index contributed by atoms with van der Waals surface area (Å²) in [6, 6.07) is 6.46. The summed E-state index contributed by atoms with van der Waals surface area (Å²) in [6.07, 6.45) is 2.19. The Morgan fingerprint density at radius 2 is 2.00 bits per heavy atom. The molecule has 0 amide bonds. The van der Waals surface area contributed by atoms with Gasteiger partial charge in [-0.2, -0.15) is 0 Å². The third kappa shape index (κ3) is 4.02. The van der Waals surface area contributed by atoms with Gasteiger partial charge in [-0.05, 0) is 50.8 Å². The van der Waals surface area contributed by atoms with Crippen molar-refractivity contribution in [3.63, 3.8) is 0 Å². The van der Waals surface area contributed by atoms with Crippen LogP contribution in [0.4, 0.5) is 0 Å². The predicted octanol–water partition coefficient (Wildman–Crippen LogP) is 1.95. The fourth-order valence-corrected chi connectivity index (χ4v) is 1.73. The van der Waals surface area contributed by atoms with E-state index in [0.717, 1.165) is 12.8 Å². The second kappa shape index (κ2) is 5.89. The molecule has 0 aliphatic heterocycles. The van der Waals surface area contributed by atoms with E-state index >= 15 is 0 Å². The molecule has 0 spiro atoms. The number of hydrogen-bond donors (Lipinski definition) is 2. The summed E-state index contributed by atoms with van der Waals surface area (Å²) >= 11 is 0. The lowest BCUT2D eigenvalue weighted by molar-refractivity contribution is 0.157. The number of benzene rings is 1. The van der Waals surface area contributed by atoms with E-state index in [9.17, 15) is 5.11 Å². The molecule has 1 atom stereocenters. The van der Waals surface area contributed by atoms with E-state index in [1.165, 1.54) is 16.7 Å². The maximum absolute atomic E-state index is 9.59. The Balaban J connectivity index is 2.53. The van der Waals surface area contributed by atoms with E-state index in [4.69, 9.17) is 5.73 Å². The van der Waals surface area contributed by atoms with Crippen molar-refractivity contribution in [3.8, 4) is 0 Å². The molecule has 0 aliphatic carbocycles. The van der Waals surface area contributed by atoms with E-state index in [0.29, 0.717) is 13.0 Å². The molecule has 3 N–H and O–H groups in total. The number of nitrogens with two attached hydrogens (primary N) is 1. The molecule has 0 saturated carbocycles. The number of aliphatic hydroxyl groups is 1. The van der Waals surface area contributed by atoms with Crippen molar-refractivity contribution in [1.82, 2.24) is 0 Å². The normalized spacial score (nSPS) is 12.8. The van der Waals surface area contributed by atoms with Gasteiger partial charge in [-0.15, -0.1) is 0 Å². The van der Waals surface area contributed by atoms with Crippen molar-refractivity contribution in [2.24, 2.45) is 5.73 Å². The van der Waals surface area contributed by atoms with Gasteiger partial charge in [0, 0.05) is 0 Å². The Kier molecular flexibility index (Phi) is 4.79. The van der Waals surface area contributed by atoms with Crippen LogP contribution in [0.25, 0.3) is 0 Å². The second-order valence-corrected chi connectivity index (χ2v) is 4.20. The first-order valence-corrected chi connectivity index (χ1v) is 5.57. The molecule has 0 aliphatic rings. The van der Waals surface area contributed by atoms with E-state index in [1.807, 2.05) is 0 Å². The van der Waals surface area contributed by atoms with Crippen LogP contribution in [0, 0.1) is 13.8 Å². The summed E-state index contributed by atoms with van der Waals surface area (Å²) in [6.45, 7) is 4.78. The minimum Gasteiger partial charge on any atom is -0.393 e. The van der Waals surface area contributed by atoms with Gasteiger partial charge >= 0.3 is 0 Å². The molecule has 0 heterocycles. The zero-order valence-electron chi connectivity index (χ0n) is 9.66. The molecule has 0 aromatic heterocycles. The Morgan fingerprint density at radius 3 is 2.67 bits per heavy atom. The largest absolute Gasteiger partial charge is 0.393 e. The van der Waals surface area contributed by atoms with Crippen molar-refractivity contribution in [1.29, 1.82) is 0 Å². The molecule has 2 nitrogen and oxygen atoms in total. The third-order valence-corrected chi connectivity index (χ3v) is 2.75. The number of hydrogen-bond acceptors (Lipinski definition) is 2. The highest BCUT2D eigenvalue weighted by Gasteiger charge is 2.05. The zero-order valence-corrected chi connectivity index (χ0v) is 9.66. The molecule has 1 aromatic rings. The molecule has 0 saturated heterocycles. The van der Waals surface area contributed by atoms with Crippen molar-refractivity contribution in [2.75, 3.05) is 6.54 Å². The van der Waals surface area contributed by atoms with E-state index in [1.54, 1.807) is 0 Å². The van der Waals surface area contributed by atoms with Crippen molar-refractivity contribution >= 4 is 0 Å². The number of aliphatic hydroxyl groups excluding tert-OH is 1. The number of aryl methyl sites for hydroxylation is 3. The third-order valence-electron chi connectivity index (χ3n) is 2.75. The van der Waals surface area contributed by atoms with Gasteiger partial charge in [0.15, 0.2) is 0 Å². The lowest BCUT2D eigenvalue weighted by Gasteiger charge is -2.11. The van der Waals surface area contributed by atoms with Crippen LogP contribution < -0.4 is 5.73 Å². The first-order chi connectivity index (χ1) is 7.13. The minimum atomic E-state index is -0.255. The van der Waals surface area contributed by atoms with E-state index < -0.39 is 0 Å². The highest BCUT2D eigenvalue weighted by atomic mass is 16.3. The molecule has 1 aromatic carbocycles. The van der Waals surface area contributed by atoms with Gasteiger partial charge < -0.3 is 10.8 Å². The summed E-state index contributed by atoms with van der Waals surface area (Å²) in [4.78, 5) is 0. The zero-order chi connectivity index (χ0) is 11.3. The van der Waals surface area contributed by atoms with Crippen LogP contribution in [-0.2, 0) is 6.42 Å². The molecular weight excluding hydrogens is 186 g/mol. The van der Waals surface area contributed by atoms with Crippen LogP contribution in [0.15, 0.2) is 18.2 Å². The molecule has 15 heavy (non-hydrogen) atoms. The first kappa shape index (κ1) is 12.2. The lowest BCUT2D eigenvalue weighted by atomic mass is 9.99. The standard InChI is InChI=1S/C13H21NO/c1-10-3-4-11(2)12(9-10)5-6-13(15)7-8-14/h3-4,9,13,15H,5-8,14H2,1-2H3. The second-order valence-electron chi connectivity index (χ2n) is 4.20. The van der Waals surface area contributed by atoms with Crippen LogP contribution in [0.5, 0.6) is 0 Å². The Bertz CT molecular complexity index is 309.